The van der Waals surface area contributed by atoms with Crippen molar-refractivity contribution in [3.63, 3.8) is 0 Å². The second kappa shape index (κ2) is 7.87. The van der Waals surface area contributed by atoms with Crippen molar-refractivity contribution in [1.82, 2.24) is 14.9 Å². The Balaban J connectivity index is 2.68. The summed E-state index contributed by atoms with van der Waals surface area (Å²) in [7, 11) is 3.59. The van der Waals surface area contributed by atoms with Crippen molar-refractivity contribution in [2.24, 2.45) is 5.92 Å². The van der Waals surface area contributed by atoms with Gasteiger partial charge in [0, 0.05) is 12.1 Å². The number of hydrogen-bond acceptors (Lipinski definition) is 6. The molecule has 0 bridgehead atoms. The van der Waals surface area contributed by atoms with Crippen LogP contribution in [0.4, 0.5) is 0 Å². The fraction of sp³-hybridized carbons (Fsp3) is 0.600. The Bertz CT molecular complexity index is 534. The number of likely N-dealkylation sites (N-methyl/N-ethyl adjacent to an activating group) is 1. The molecule has 1 amide bonds. The molecule has 0 radical (unpaired) electrons. The predicted molar refractivity (Wildman–Crippen MR) is 83.9 cm³/mol. The molecular formula is C15H25N3O5. The summed E-state index contributed by atoms with van der Waals surface area (Å²) in [5.41, 5.74) is 0. The third kappa shape index (κ3) is 5.17. The molecule has 8 nitrogen and oxygen atoms in total. The number of rotatable bonds is 7. The summed E-state index contributed by atoms with van der Waals surface area (Å²) in [6.07, 6.45) is 0.653. The summed E-state index contributed by atoms with van der Waals surface area (Å²) in [4.78, 5) is 30.9. The van der Waals surface area contributed by atoms with Crippen LogP contribution in [0.5, 0.6) is 11.8 Å². The van der Waals surface area contributed by atoms with Gasteiger partial charge in [-0.3, -0.25) is 9.69 Å². The molecule has 0 aliphatic heterocycles. The van der Waals surface area contributed by atoms with Gasteiger partial charge in [-0.05, 0) is 33.4 Å². The van der Waals surface area contributed by atoms with E-state index in [2.05, 4.69) is 5.32 Å². The molecular weight excluding hydrogens is 302 g/mol. The maximum absolute atomic E-state index is 12.3. The summed E-state index contributed by atoms with van der Waals surface area (Å²) >= 11 is 0. The van der Waals surface area contributed by atoms with Crippen molar-refractivity contribution in [3.8, 4) is 11.8 Å². The Kier molecular flexibility index (Phi) is 6.44. The lowest BCUT2D eigenvalue weighted by atomic mass is 10.0. The normalized spacial score (nSPS) is 13.9. The third-order valence-corrected chi connectivity index (χ3v) is 3.31. The van der Waals surface area contributed by atoms with Crippen LogP contribution < -0.4 is 10.2 Å². The molecule has 1 rings (SSSR count). The van der Waals surface area contributed by atoms with Crippen molar-refractivity contribution >= 4 is 11.9 Å². The van der Waals surface area contributed by atoms with Gasteiger partial charge in [0.1, 0.15) is 6.04 Å². The number of amides is 1. The zero-order valence-electron chi connectivity index (χ0n) is 14.1. The maximum Gasteiger partial charge on any atom is 0.354 e. The second-order valence-corrected chi connectivity index (χ2v) is 6.09. The van der Waals surface area contributed by atoms with Crippen LogP contribution in [-0.2, 0) is 9.59 Å². The lowest BCUT2D eigenvalue weighted by molar-refractivity contribution is -0.149. The summed E-state index contributed by atoms with van der Waals surface area (Å²) in [5.74, 6) is -1.60. The Labute approximate surface area is 135 Å². The van der Waals surface area contributed by atoms with Gasteiger partial charge >= 0.3 is 5.97 Å². The Hall–Kier alpha value is -2.22. The quantitative estimate of drug-likeness (QED) is 0.667. The first-order valence-electron chi connectivity index (χ1n) is 7.42. The molecule has 0 aromatic carbocycles. The minimum atomic E-state index is -0.932. The van der Waals surface area contributed by atoms with E-state index >= 15 is 0 Å². The van der Waals surface area contributed by atoms with Crippen LogP contribution in [0.25, 0.3) is 0 Å². The second-order valence-electron chi connectivity index (χ2n) is 6.09. The van der Waals surface area contributed by atoms with Gasteiger partial charge in [-0.2, -0.15) is 0 Å². The molecule has 0 saturated carbocycles. The first kappa shape index (κ1) is 18.8. The van der Waals surface area contributed by atoms with Crippen molar-refractivity contribution in [2.75, 3.05) is 14.1 Å². The van der Waals surface area contributed by atoms with Crippen LogP contribution >= 0.6 is 0 Å². The summed E-state index contributed by atoms with van der Waals surface area (Å²) < 4.78 is 0.586. The molecule has 0 aliphatic carbocycles. The average Bonchev–Trinajstić information content (AvgIpc) is 2.75. The SMILES string of the molecule is CC(C)CC(C(=O)NC(C)C(=O)On1c(O)ccc1O)N(C)C. The largest absolute Gasteiger partial charge is 0.492 e. The Morgan fingerprint density at radius 3 is 2.17 bits per heavy atom. The molecule has 0 aliphatic rings. The number of nitrogens with zero attached hydrogens (tertiary/aromatic N) is 2. The maximum atomic E-state index is 12.3. The zero-order chi connectivity index (χ0) is 17.7. The average molecular weight is 327 g/mol. The van der Waals surface area contributed by atoms with Gasteiger partial charge in [-0.15, -0.1) is 4.73 Å². The molecule has 3 N–H and O–H groups in total. The first-order chi connectivity index (χ1) is 10.6. The number of aromatic nitrogens is 1. The van der Waals surface area contributed by atoms with E-state index in [0.29, 0.717) is 17.1 Å². The van der Waals surface area contributed by atoms with E-state index in [1.807, 2.05) is 13.8 Å². The van der Waals surface area contributed by atoms with Crippen LogP contribution in [-0.4, -0.2) is 57.9 Å². The zero-order valence-corrected chi connectivity index (χ0v) is 14.1. The van der Waals surface area contributed by atoms with Gasteiger partial charge in [0.2, 0.25) is 17.7 Å². The van der Waals surface area contributed by atoms with E-state index < -0.39 is 23.8 Å². The standard InChI is InChI=1S/C15H25N3O5/c1-9(2)8-11(17(4)5)14(21)16-10(3)15(22)23-18-12(19)6-7-13(18)20/h6-7,9-11,19-20H,8H2,1-5H3,(H,16,21). The molecule has 8 heteroatoms. The van der Waals surface area contributed by atoms with Gasteiger partial charge in [-0.25, -0.2) is 4.79 Å². The van der Waals surface area contributed by atoms with E-state index in [4.69, 9.17) is 4.84 Å². The van der Waals surface area contributed by atoms with Crippen molar-refractivity contribution in [1.29, 1.82) is 0 Å². The molecule has 2 atom stereocenters. The van der Waals surface area contributed by atoms with Gasteiger partial charge in [0.25, 0.3) is 0 Å². The van der Waals surface area contributed by atoms with Crippen LogP contribution in [0.1, 0.15) is 27.2 Å². The van der Waals surface area contributed by atoms with Gasteiger partial charge in [0.05, 0.1) is 6.04 Å². The highest BCUT2D eigenvalue weighted by molar-refractivity contribution is 5.87. The smallest absolute Gasteiger partial charge is 0.354 e. The molecule has 130 valence electrons. The van der Waals surface area contributed by atoms with Gasteiger partial charge < -0.3 is 20.4 Å². The number of nitrogens with one attached hydrogen (secondary N) is 1. The monoisotopic (exact) mass is 327 g/mol. The van der Waals surface area contributed by atoms with Crippen molar-refractivity contribution in [3.05, 3.63) is 12.1 Å². The van der Waals surface area contributed by atoms with Crippen LogP contribution in [0.15, 0.2) is 12.1 Å². The number of carbonyl (C=O) groups is 2. The molecule has 1 heterocycles. The van der Waals surface area contributed by atoms with E-state index in [1.165, 1.54) is 19.1 Å². The van der Waals surface area contributed by atoms with Crippen molar-refractivity contribution < 1.29 is 24.6 Å². The Morgan fingerprint density at radius 2 is 1.74 bits per heavy atom. The van der Waals surface area contributed by atoms with E-state index in [-0.39, 0.29) is 11.9 Å². The first-order valence-corrected chi connectivity index (χ1v) is 7.42. The number of aromatic hydroxyl groups is 2. The van der Waals surface area contributed by atoms with Crippen LogP contribution in [0.3, 0.4) is 0 Å². The predicted octanol–water partition coefficient (Wildman–Crippen LogP) is 0.335. The highest BCUT2D eigenvalue weighted by Crippen LogP contribution is 2.18. The molecule has 0 fully saturated rings. The third-order valence-electron chi connectivity index (χ3n) is 3.31. The molecule has 1 aromatic rings. The molecule has 0 saturated heterocycles. The summed E-state index contributed by atoms with van der Waals surface area (Å²) in [5, 5.41) is 21.5. The van der Waals surface area contributed by atoms with Crippen LogP contribution in [0.2, 0.25) is 0 Å². The number of carbonyl (C=O) groups excluding carboxylic acids is 2. The van der Waals surface area contributed by atoms with E-state index in [0.717, 1.165) is 0 Å². The van der Waals surface area contributed by atoms with Gasteiger partial charge in [0.15, 0.2) is 0 Å². The lowest BCUT2D eigenvalue weighted by Crippen LogP contribution is -2.50. The topological polar surface area (TPSA) is 104 Å². The highest BCUT2D eigenvalue weighted by atomic mass is 16.7. The Morgan fingerprint density at radius 1 is 1.22 bits per heavy atom. The van der Waals surface area contributed by atoms with E-state index in [1.54, 1.807) is 19.0 Å². The highest BCUT2D eigenvalue weighted by Gasteiger charge is 2.26. The molecule has 1 aromatic heterocycles. The fourth-order valence-corrected chi connectivity index (χ4v) is 2.03. The van der Waals surface area contributed by atoms with Gasteiger partial charge in [-0.1, -0.05) is 13.8 Å². The number of hydrogen-bond donors (Lipinski definition) is 3. The molecule has 0 spiro atoms. The molecule has 2 unspecified atom stereocenters. The summed E-state index contributed by atoms with van der Waals surface area (Å²) in [6.45, 7) is 5.50. The van der Waals surface area contributed by atoms with Crippen LogP contribution in [0, 0.1) is 5.92 Å². The van der Waals surface area contributed by atoms with Crippen molar-refractivity contribution in [2.45, 2.75) is 39.3 Å². The van der Waals surface area contributed by atoms with E-state index in [9.17, 15) is 19.8 Å². The minimum Gasteiger partial charge on any atom is -0.492 e. The fourth-order valence-electron chi connectivity index (χ4n) is 2.03. The molecule has 23 heavy (non-hydrogen) atoms. The summed E-state index contributed by atoms with van der Waals surface area (Å²) in [6, 6.07) is 1.06. The minimum absolute atomic E-state index is 0.283. The lowest BCUT2D eigenvalue weighted by Gasteiger charge is -2.26.